The van der Waals surface area contributed by atoms with Crippen molar-refractivity contribution in [3.8, 4) is 22.8 Å². The molecule has 0 aliphatic heterocycles. The molecule has 3 rings (SSSR count). The molecule has 0 saturated heterocycles. The molecule has 0 unspecified atom stereocenters. The Morgan fingerprint density at radius 1 is 1.03 bits per heavy atom. The number of nitrogens with zero attached hydrogens (tertiary/aromatic N) is 2. The molecule has 0 radical (unpaired) electrons. The summed E-state index contributed by atoms with van der Waals surface area (Å²) in [5, 5.41) is 7.18. The van der Waals surface area contributed by atoms with Gasteiger partial charge in [-0.3, -0.25) is 5.43 Å². The van der Waals surface area contributed by atoms with Crippen molar-refractivity contribution >= 4 is 22.7 Å². The molecule has 5 nitrogen and oxygen atoms in total. The summed E-state index contributed by atoms with van der Waals surface area (Å²) < 4.78 is 11.4. The van der Waals surface area contributed by atoms with Gasteiger partial charge in [0.05, 0.1) is 25.6 Å². The van der Waals surface area contributed by atoms with Crippen LogP contribution in [-0.4, -0.2) is 24.9 Å². The molecule has 0 spiro atoms. The average molecular weight is 452 g/mol. The lowest BCUT2D eigenvalue weighted by atomic mass is 9.98. The molecular weight excluding hydrogens is 418 g/mol. The lowest BCUT2D eigenvalue weighted by Gasteiger charge is -2.11. The standard InChI is InChI=1S/C26H33N3O2S/c1-6-7-8-9-12-31-23-11-10-21(15-24(23)30-5)16-27-29-26-28-22(17-32-26)25-19(3)13-18(2)14-20(25)4/h10-11,13-17H,6-9,12H2,1-5H3,(H,28,29)/b27-16-. The highest BCUT2D eigenvalue weighted by Crippen LogP contribution is 2.31. The minimum absolute atomic E-state index is 0.706. The van der Waals surface area contributed by atoms with Crippen molar-refractivity contribution in [3.63, 3.8) is 0 Å². The smallest absolute Gasteiger partial charge is 0.203 e. The van der Waals surface area contributed by atoms with Crippen LogP contribution in [0.25, 0.3) is 11.3 Å². The molecule has 0 aliphatic carbocycles. The number of nitrogens with one attached hydrogen (secondary N) is 1. The van der Waals surface area contributed by atoms with Gasteiger partial charge in [0, 0.05) is 10.9 Å². The second-order valence-corrected chi connectivity index (χ2v) is 8.86. The van der Waals surface area contributed by atoms with Gasteiger partial charge in [0.2, 0.25) is 5.13 Å². The van der Waals surface area contributed by atoms with Gasteiger partial charge in [-0.05, 0) is 62.1 Å². The van der Waals surface area contributed by atoms with Crippen molar-refractivity contribution in [1.29, 1.82) is 0 Å². The van der Waals surface area contributed by atoms with Crippen LogP contribution in [0.4, 0.5) is 5.13 Å². The van der Waals surface area contributed by atoms with Crippen molar-refractivity contribution in [1.82, 2.24) is 4.98 Å². The average Bonchev–Trinajstić information content (AvgIpc) is 3.21. The number of thiazole rings is 1. The zero-order valence-corrected chi connectivity index (χ0v) is 20.5. The molecule has 0 bridgehead atoms. The van der Waals surface area contributed by atoms with E-state index in [0.717, 1.165) is 28.6 Å². The van der Waals surface area contributed by atoms with E-state index in [-0.39, 0.29) is 0 Å². The molecule has 3 aromatic rings. The predicted molar refractivity (Wildman–Crippen MR) is 136 cm³/mol. The molecule has 2 aromatic carbocycles. The third-order valence-electron chi connectivity index (χ3n) is 5.25. The van der Waals surface area contributed by atoms with Crippen molar-refractivity contribution in [2.24, 2.45) is 5.10 Å². The first-order chi connectivity index (χ1) is 15.5. The summed E-state index contributed by atoms with van der Waals surface area (Å²) in [4.78, 5) is 4.71. The Morgan fingerprint density at radius 3 is 2.53 bits per heavy atom. The van der Waals surface area contributed by atoms with E-state index in [1.165, 1.54) is 41.5 Å². The number of hydrogen-bond acceptors (Lipinski definition) is 6. The molecule has 0 amide bonds. The monoisotopic (exact) mass is 451 g/mol. The third-order valence-corrected chi connectivity index (χ3v) is 6.00. The number of hydrogen-bond donors (Lipinski definition) is 1. The number of benzene rings is 2. The summed E-state index contributed by atoms with van der Waals surface area (Å²) >= 11 is 1.55. The van der Waals surface area contributed by atoms with E-state index >= 15 is 0 Å². The number of methoxy groups -OCH3 is 1. The van der Waals surface area contributed by atoms with Gasteiger partial charge in [-0.25, -0.2) is 4.98 Å². The van der Waals surface area contributed by atoms with Gasteiger partial charge in [-0.1, -0.05) is 43.9 Å². The maximum Gasteiger partial charge on any atom is 0.203 e. The highest BCUT2D eigenvalue weighted by Gasteiger charge is 2.10. The van der Waals surface area contributed by atoms with Gasteiger partial charge >= 0.3 is 0 Å². The van der Waals surface area contributed by atoms with Crippen LogP contribution in [0.15, 0.2) is 40.8 Å². The van der Waals surface area contributed by atoms with Gasteiger partial charge in [0.15, 0.2) is 11.5 Å². The van der Waals surface area contributed by atoms with Crippen LogP contribution in [0.5, 0.6) is 11.5 Å². The van der Waals surface area contributed by atoms with Crippen LogP contribution in [0, 0.1) is 20.8 Å². The molecule has 1 N–H and O–H groups in total. The maximum absolute atomic E-state index is 5.88. The van der Waals surface area contributed by atoms with Crippen LogP contribution in [0.3, 0.4) is 0 Å². The number of hydrazone groups is 1. The Bertz CT molecular complexity index is 1040. The zero-order chi connectivity index (χ0) is 22.9. The van der Waals surface area contributed by atoms with E-state index in [0.29, 0.717) is 12.4 Å². The lowest BCUT2D eigenvalue weighted by Crippen LogP contribution is -2.00. The van der Waals surface area contributed by atoms with Crippen molar-refractivity contribution in [2.45, 2.75) is 53.4 Å². The van der Waals surface area contributed by atoms with Crippen LogP contribution in [-0.2, 0) is 0 Å². The summed E-state index contributed by atoms with van der Waals surface area (Å²) in [6.07, 6.45) is 6.47. The second-order valence-electron chi connectivity index (χ2n) is 8.00. The summed E-state index contributed by atoms with van der Waals surface area (Å²) in [6, 6.07) is 10.2. The van der Waals surface area contributed by atoms with Crippen LogP contribution < -0.4 is 14.9 Å². The summed E-state index contributed by atoms with van der Waals surface area (Å²) in [7, 11) is 1.66. The van der Waals surface area contributed by atoms with E-state index in [9.17, 15) is 0 Å². The number of rotatable bonds is 11. The quantitative estimate of drug-likeness (QED) is 0.191. The van der Waals surface area contributed by atoms with Crippen LogP contribution in [0.1, 0.15) is 54.9 Å². The predicted octanol–water partition coefficient (Wildman–Crippen LogP) is 7.15. The summed E-state index contributed by atoms with van der Waals surface area (Å²) in [5.74, 6) is 1.48. The first-order valence-electron chi connectivity index (χ1n) is 11.2. The fourth-order valence-electron chi connectivity index (χ4n) is 3.78. The number of aryl methyl sites for hydroxylation is 3. The molecule has 0 fully saturated rings. The van der Waals surface area contributed by atoms with E-state index in [1.54, 1.807) is 24.7 Å². The lowest BCUT2D eigenvalue weighted by molar-refractivity contribution is 0.285. The molecule has 1 heterocycles. The summed E-state index contributed by atoms with van der Waals surface area (Å²) in [6.45, 7) is 9.29. The SMILES string of the molecule is CCCCCCOc1ccc(/C=N\Nc2nc(-c3c(C)cc(C)cc3C)cs2)cc1OC. The van der Waals surface area contributed by atoms with Crippen LogP contribution >= 0.6 is 11.3 Å². The molecule has 0 saturated carbocycles. The Balaban J connectivity index is 1.62. The van der Waals surface area contributed by atoms with Crippen molar-refractivity contribution in [3.05, 3.63) is 58.0 Å². The molecule has 1 aromatic heterocycles. The van der Waals surface area contributed by atoms with E-state index in [4.69, 9.17) is 14.5 Å². The van der Waals surface area contributed by atoms with Crippen molar-refractivity contribution < 1.29 is 9.47 Å². The fraction of sp³-hybridized carbons (Fsp3) is 0.385. The Labute approximate surface area is 195 Å². The number of anilines is 1. The first-order valence-corrected chi connectivity index (χ1v) is 12.0. The topological polar surface area (TPSA) is 55.7 Å². The normalized spacial score (nSPS) is 11.2. The molecule has 0 aliphatic rings. The van der Waals surface area contributed by atoms with Crippen LogP contribution in [0.2, 0.25) is 0 Å². The van der Waals surface area contributed by atoms with Crippen molar-refractivity contribution in [2.75, 3.05) is 19.1 Å². The van der Waals surface area contributed by atoms with E-state index in [2.05, 4.69) is 55.7 Å². The summed E-state index contributed by atoms with van der Waals surface area (Å²) in [5.41, 5.74) is 9.89. The van der Waals surface area contributed by atoms with Gasteiger partial charge in [-0.2, -0.15) is 5.10 Å². The number of aromatic nitrogens is 1. The first kappa shape index (κ1) is 23.8. The fourth-order valence-corrected chi connectivity index (χ4v) is 4.43. The van der Waals surface area contributed by atoms with Gasteiger partial charge in [0.1, 0.15) is 0 Å². The van der Waals surface area contributed by atoms with Gasteiger partial charge in [0.25, 0.3) is 0 Å². The third kappa shape index (κ3) is 6.33. The largest absolute Gasteiger partial charge is 0.493 e. The van der Waals surface area contributed by atoms with E-state index in [1.807, 2.05) is 18.2 Å². The molecule has 6 heteroatoms. The highest BCUT2D eigenvalue weighted by atomic mass is 32.1. The molecular formula is C26H33N3O2S. The minimum Gasteiger partial charge on any atom is -0.493 e. The highest BCUT2D eigenvalue weighted by molar-refractivity contribution is 7.14. The second kappa shape index (κ2) is 11.7. The minimum atomic E-state index is 0.706. The van der Waals surface area contributed by atoms with Gasteiger partial charge < -0.3 is 9.47 Å². The van der Waals surface area contributed by atoms with E-state index < -0.39 is 0 Å². The Morgan fingerprint density at radius 2 is 1.81 bits per heavy atom. The number of ether oxygens (including phenoxy) is 2. The molecule has 32 heavy (non-hydrogen) atoms. The maximum atomic E-state index is 5.88. The van der Waals surface area contributed by atoms with Gasteiger partial charge in [-0.15, -0.1) is 11.3 Å². The molecule has 170 valence electrons. The Kier molecular flexibility index (Phi) is 8.68. The Hall–Kier alpha value is -2.86. The zero-order valence-electron chi connectivity index (χ0n) is 19.7. The molecule has 0 atom stereocenters. The number of unbranched alkanes of at least 4 members (excludes halogenated alkanes) is 3.